The largest absolute Gasteiger partial charge is 0.496 e. The van der Waals surface area contributed by atoms with E-state index in [-0.39, 0.29) is 11.9 Å². The summed E-state index contributed by atoms with van der Waals surface area (Å²) in [5, 5.41) is 4.63. The topological polar surface area (TPSA) is 38.3 Å². The van der Waals surface area contributed by atoms with E-state index < -0.39 is 0 Å². The van der Waals surface area contributed by atoms with Crippen LogP contribution in [0.25, 0.3) is 0 Å². The van der Waals surface area contributed by atoms with Crippen LogP contribution in [0.15, 0.2) is 18.2 Å². The van der Waals surface area contributed by atoms with Crippen LogP contribution < -0.4 is 10.1 Å². The lowest BCUT2D eigenvalue weighted by Gasteiger charge is -2.31. The Morgan fingerprint density at radius 1 is 1.45 bits per heavy atom. The van der Waals surface area contributed by atoms with Crippen LogP contribution in [-0.2, 0) is 0 Å². The first-order valence-electron chi connectivity index (χ1n) is 6.86. The summed E-state index contributed by atoms with van der Waals surface area (Å²) in [6.07, 6.45) is 4.62. The molecule has 5 heteroatoms. The average Bonchev–Trinajstić information content (AvgIpc) is 2.47. The second kappa shape index (κ2) is 7.32. The molecule has 2 atom stereocenters. The molecule has 1 amide bonds. The molecule has 1 aliphatic carbocycles. The fourth-order valence-electron chi connectivity index (χ4n) is 2.68. The molecule has 0 bridgehead atoms. The summed E-state index contributed by atoms with van der Waals surface area (Å²) in [7, 11) is 1.55. The summed E-state index contributed by atoms with van der Waals surface area (Å²) in [6.45, 7) is 0. The quantitative estimate of drug-likeness (QED) is 0.823. The second-order valence-corrected chi connectivity index (χ2v) is 6.21. The lowest BCUT2D eigenvalue weighted by atomic mass is 9.86. The Morgan fingerprint density at radius 3 is 2.90 bits per heavy atom. The van der Waals surface area contributed by atoms with Gasteiger partial charge < -0.3 is 10.1 Å². The van der Waals surface area contributed by atoms with Gasteiger partial charge in [-0.15, -0.1) is 0 Å². The molecule has 0 spiro atoms. The maximum atomic E-state index is 12.4. The van der Waals surface area contributed by atoms with Gasteiger partial charge in [0.15, 0.2) is 0 Å². The molecule has 110 valence electrons. The van der Waals surface area contributed by atoms with Crippen LogP contribution in [0, 0.1) is 5.92 Å². The van der Waals surface area contributed by atoms with Crippen molar-refractivity contribution in [3.63, 3.8) is 0 Å². The first kappa shape index (κ1) is 15.6. The van der Waals surface area contributed by atoms with Crippen molar-refractivity contribution >= 4 is 33.4 Å². The highest BCUT2D eigenvalue weighted by molar-refractivity contribution is 9.09. The number of amides is 1. The summed E-state index contributed by atoms with van der Waals surface area (Å²) in [6, 6.07) is 5.32. The van der Waals surface area contributed by atoms with E-state index >= 15 is 0 Å². The molecule has 0 aromatic heterocycles. The van der Waals surface area contributed by atoms with Crippen molar-refractivity contribution in [2.24, 2.45) is 5.92 Å². The number of ether oxygens (including phenoxy) is 1. The number of rotatable bonds is 4. The monoisotopic (exact) mass is 359 g/mol. The Balaban J connectivity index is 2.11. The molecule has 1 aliphatic rings. The zero-order valence-electron chi connectivity index (χ0n) is 11.5. The molecule has 20 heavy (non-hydrogen) atoms. The van der Waals surface area contributed by atoms with Crippen LogP contribution in [-0.4, -0.2) is 24.4 Å². The van der Waals surface area contributed by atoms with Crippen LogP contribution in [0.3, 0.4) is 0 Å². The summed E-state index contributed by atoms with van der Waals surface area (Å²) in [5.41, 5.74) is 0.538. The molecule has 2 unspecified atom stereocenters. The van der Waals surface area contributed by atoms with Crippen molar-refractivity contribution in [2.75, 3.05) is 12.4 Å². The molecule has 3 nitrogen and oxygen atoms in total. The number of halogens is 2. The van der Waals surface area contributed by atoms with E-state index in [0.29, 0.717) is 22.3 Å². The highest BCUT2D eigenvalue weighted by atomic mass is 79.9. The minimum absolute atomic E-state index is 0.0867. The van der Waals surface area contributed by atoms with E-state index in [9.17, 15) is 4.79 Å². The van der Waals surface area contributed by atoms with E-state index in [1.54, 1.807) is 25.3 Å². The third-order valence-electron chi connectivity index (χ3n) is 3.83. The van der Waals surface area contributed by atoms with E-state index in [2.05, 4.69) is 21.2 Å². The standard InChI is InChI=1S/C15H19BrClNO2/c1-20-14-8-11(17)6-7-12(14)15(19)18-13-5-3-2-4-10(13)9-16/h6-8,10,13H,2-5,9H2,1H3,(H,18,19). The van der Waals surface area contributed by atoms with Crippen LogP contribution in [0.2, 0.25) is 5.02 Å². The second-order valence-electron chi connectivity index (χ2n) is 5.12. The maximum absolute atomic E-state index is 12.4. The zero-order chi connectivity index (χ0) is 14.5. The maximum Gasteiger partial charge on any atom is 0.255 e. The number of nitrogens with one attached hydrogen (secondary N) is 1. The highest BCUT2D eigenvalue weighted by Crippen LogP contribution is 2.27. The fraction of sp³-hybridized carbons (Fsp3) is 0.533. The number of methoxy groups -OCH3 is 1. The molecule has 1 fully saturated rings. The van der Waals surface area contributed by atoms with Crippen molar-refractivity contribution < 1.29 is 9.53 Å². The molecule has 1 saturated carbocycles. The molecule has 1 aromatic rings. The number of carbonyl (C=O) groups is 1. The Labute approximate surface area is 133 Å². The molecule has 0 heterocycles. The zero-order valence-corrected chi connectivity index (χ0v) is 13.8. The lowest BCUT2D eigenvalue weighted by Crippen LogP contribution is -2.42. The number of hydrogen-bond donors (Lipinski definition) is 1. The molecule has 2 rings (SSSR count). The molecular weight excluding hydrogens is 342 g/mol. The minimum Gasteiger partial charge on any atom is -0.496 e. The molecule has 1 aromatic carbocycles. The van der Waals surface area contributed by atoms with Crippen molar-refractivity contribution in [2.45, 2.75) is 31.7 Å². The summed E-state index contributed by atoms with van der Waals surface area (Å²) in [4.78, 5) is 12.4. The molecule has 0 saturated heterocycles. The van der Waals surface area contributed by atoms with Gasteiger partial charge in [-0.05, 0) is 37.0 Å². The van der Waals surface area contributed by atoms with E-state index in [1.807, 2.05) is 0 Å². The predicted octanol–water partition coefficient (Wildman–Crippen LogP) is 4.03. The Kier molecular flexibility index (Phi) is 5.73. The number of benzene rings is 1. The average molecular weight is 361 g/mol. The lowest BCUT2D eigenvalue weighted by molar-refractivity contribution is 0.0908. The van der Waals surface area contributed by atoms with Crippen LogP contribution in [0.1, 0.15) is 36.0 Å². The van der Waals surface area contributed by atoms with Crippen LogP contribution in [0.4, 0.5) is 0 Å². The van der Waals surface area contributed by atoms with Gasteiger partial charge >= 0.3 is 0 Å². The summed E-state index contributed by atoms with van der Waals surface area (Å²) in [5.74, 6) is 0.934. The van der Waals surface area contributed by atoms with Gasteiger partial charge in [-0.3, -0.25) is 4.79 Å². The predicted molar refractivity (Wildman–Crippen MR) is 85.0 cm³/mol. The Bertz CT molecular complexity index is 481. The molecule has 0 aliphatic heterocycles. The van der Waals surface area contributed by atoms with E-state index in [0.717, 1.165) is 18.2 Å². The smallest absolute Gasteiger partial charge is 0.255 e. The van der Waals surface area contributed by atoms with Gasteiger partial charge in [0.25, 0.3) is 5.91 Å². The number of alkyl halides is 1. The third kappa shape index (κ3) is 3.67. The minimum atomic E-state index is -0.0867. The number of carbonyl (C=O) groups excluding carboxylic acids is 1. The van der Waals surface area contributed by atoms with Crippen LogP contribution >= 0.6 is 27.5 Å². The fourth-order valence-corrected chi connectivity index (χ4v) is 3.62. The number of hydrogen-bond acceptors (Lipinski definition) is 2. The normalized spacial score (nSPS) is 22.4. The van der Waals surface area contributed by atoms with Gasteiger partial charge in [-0.2, -0.15) is 0 Å². The summed E-state index contributed by atoms with van der Waals surface area (Å²) < 4.78 is 5.24. The molecule has 0 radical (unpaired) electrons. The van der Waals surface area contributed by atoms with Gasteiger partial charge in [0.05, 0.1) is 12.7 Å². The van der Waals surface area contributed by atoms with Gasteiger partial charge in [0.1, 0.15) is 5.75 Å². The van der Waals surface area contributed by atoms with Gasteiger partial charge in [-0.25, -0.2) is 0 Å². The van der Waals surface area contributed by atoms with Gasteiger partial charge in [-0.1, -0.05) is 40.4 Å². The SMILES string of the molecule is COc1cc(Cl)ccc1C(=O)NC1CCCCC1CBr. The van der Waals surface area contributed by atoms with E-state index in [1.165, 1.54) is 12.8 Å². The Morgan fingerprint density at radius 2 is 2.20 bits per heavy atom. The first-order valence-corrected chi connectivity index (χ1v) is 8.36. The first-order chi connectivity index (χ1) is 9.65. The van der Waals surface area contributed by atoms with Crippen molar-refractivity contribution in [1.82, 2.24) is 5.32 Å². The summed E-state index contributed by atoms with van der Waals surface area (Å²) >= 11 is 9.46. The van der Waals surface area contributed by atoms with Crippen LogP contribution in [0.5, 0.6) is 5.75 Å². The molecule has 1 N–H and O–H groups in total. The van der Waals surface area contributed by atoms with Gasteiger partial charge in [0.2, 0.25) is 0 Å². The van der Waals surface area contributed by atoms with Crippen molar-refractivity contribution in [3.05, 3.63) is 28.8 Å². The van der Waals surface area contributed by atoms with E-state index in [4.69, 9.17) is 16.3 Å². The third-order valence-corrected chi connectivity index (χ3v) is 4.90. The Hall–Kier alpha value is -0.740. The highest BCUT2D eigenvalue weighted by Gasteiger charge is 2.26. The van der Waals surface area contributed by atoms with Crippen molar-refractivity contribution in [3.8, 4) is 5.75 Å². The molecular formula is C15H19BrClNO2. The van der Waals surface area contributed by atoms with Gasteiger partial charge in [0, 0.05) is 16.4 Å². The van der Waals surface area contributed by atoms with Crippen molar-refractivity contribution in [1.29, 1.82) is 0 Å².